The van der Waals surface area contributed by atoms with Crippen LogP contribution in [0.1, 0.15) is 11.6 Å². The van der Waals surface area contributed by atoms with Gasteiger partial charge in [0, 0.05) is 50.2 Å². The average Bonchev–Trinajstić information content (AvgIpc) is 3.08. The lowest BCUT2D eigenvalue weighted by Gasteiger charge is -2.32. The van der Waals surface area contributed by atoms with Gasteiger partial charge >= 0.3 is 0 Å². The van der Waals surface area contributed by atoms with E-state index < -0.39 is 0 Å². The summed E-state index contributed by atoms with van der Waals surface area (Å²) >= 11 is 0. The standard InChI is InChI=1S/C20H22N4O2/c1-14-21-13-19(26-14)15-3-4-16-12-22-18(10-17(16)9-15)11-20(25)24-7-5-23(2)6-8-24/h3-4,9-10,12-13H,5-8,11H2,1-2H3. The molecular formula is C20H22N4O2. The SMILES string of the molecule is Cc1ncc(-c2ccc3cnc(CC(=O)N4CCN(C)CC4)cc3c2)o1. The summed E-state index contributed by atoms with van der Waals surface area (Å²) in [5.41, 5.74) is 1.77. The fourth-order valence-corrected chi connectivity index (χ4v) is 3.25. The second-order valence-electron chi connectivity index (χ2n) is 6.84. The van der Waals surface area contributed by atoms with Gasteiger partial charge in [0.25, 0.3) is 0 Å². The Kier molecular flexibility index (Phi) is 4.42. The third kappa shape index (κ3) is 3.46. The molecule has 4 rings (SSSR count). The number of pyridine rings is 1. The molecule has 0 spiro atoms. The molecule has 0 unspecified atom stereocenters. The third-order valence-corrected chi connectivity index (χ3v) is 4.87. The fraction of sp³-hybridized carbons (Fsp3) is 0.350. The van der Waals surface area contributed by atoms with Crippen LogP contribution in [0.4, 0.5) is 0 Å². The Morgan fingerprint density at radius 3 is 2.62 bits per heavy atom. The van der Waals surface area contributed by atoms with Crippen molar-refractivity contribution in [1.82, 2.24) is 19.8 Å². The molecule has 1 aliphatic rings. The van der Waals surface area contributed by atoms with Crippen molar-refractivity contribution in [3.63, 3.8) is 0 Å². The molecule has 3 aromatic rings. The summed E-state index contributed by atoms with van der Waals surface area (Å²) in [6.07, 6.45) is 3.90. The summed E-state index contributed by atoms with van der Waals surface area (Å²) < 4.78 is 5.61. The van der Waals surface area contributed by atoms with Gasteiger partial charge < -0.3 is 14.2 Å². The minimum Gasteiger partial charge on any atom is -0.441 e. The van der Waals surface area contributed by atoms with Crippen molar-refractivity contribution in [3.05, 3.63) is 48.2 Å². The second kappa shape index (κ2) is 6.88. The number of aryl methyl sites for hydroxylation is 1. The molecule has 134 valence electrons. The first-order valence-electron chi connectivity index (χ1n) is 8.86. The topological polar surface area (TPSA) is 62.5 Å². The number of benzene rings is 1. The summed E-state index contributed by atoms with van der Waals surface area (Å²) in [4.78, 5) is 25.3. The summed E-state index contributed by atoms with van der Waals surface area (Å²) in [6.45, 7) is 5.26. The Morgan fingerprint density at radius 1 is 1.08 bits per heavy atom. The van der Waals surface area contributed by atoms with Crippen molar-refractivity contribution >= 4 is 16.7 Å². The summed E-state index contributed by atoms with van der Waals surface area (Å²) in [5.74, 6) is 1.54. The molecule has 6 nitrogen and oxygen atoms in total. The maximum absolute atomic E-state index is 12.5. The number of likely N-dealkylation sites (N-methyl/N-ethyl adjacent to an activating group) is 1. The van der Waals surface area contributed by atoms with Crippen molar-refractivity contribution < 1.29 is 9.21 Å². The van der Waals surface area contributed by atoms with Crippen molar-refractivity contribution in [2.75, 3.05) is 33.2 Å². The lowest BCUT2D eigenvalue weighted by molar-refractivity contribution is -0.132. The lowest BCUT2D eigenvalue weighted by Crippen LogP contribution is -2.47. The van der Waals surface area contributed by atoms with Crippen LogP contribution < -0.4 is 0 Å². The van der Waals surface area contributed by atoms with E-state index in [1.54, 1.807) is 6.20 Å². The number of fused-ring (bicyclic) bond motifs is 1. The highest BCUT2D eigenvalue weighted by Gasteiger charge is 2.19. The number of oxazole rings is 1. The Bertz CT molecular complexity index is 942. The quantitative estimate of drug-likeness (QED) is 0.726. The maximum Gasteiger partial charge on any atom is 0.228 e. The Labute approximate surface area is 152 Å². The molecule has 0 bridgehead atoms. The predicted octanol–water partition coefficient (Wildman–Crippen LogP) is 2.51. The van der Waals surface area contributed by atoms with E-state index in [2.05, 4.69) is 28.0 Å². The molecule has 1 aromatic carbocycles. The second-order valence-corrected chi connectivity index (χ2v) is 6.84. The van der Waals surface area contributed by atoms with Gasteiger partial charge in [0.2, 0.25) is 5.91 Å². The number of hydrogen-bond acceptors (Lipinski definition) is 5. The van der Waals surface area contributed by atoms with E-state index in [-0.39, 0.29) is 5.91 Å². The average molecular weight is 350 g/mol. The van der Waals surface area contributed by atoms with E-state index in [1.165, 1.54) is 0 Å². The first kappa shape index (κ1) is 16.7. The van der Waals surface area contributed by atoms with Gasteiger partial charge in [-0.05, 0) is 24.6 Å². The lowest BCUT2D eigenvalue weighted by atomic mass is 10.1. The van der Waals surface area contributed by atoms with Crippen LogP contribution in [0.2, 0.25) is 0 Å². The molecule has 1 saturated heterocycles. The van der Waals surface area contributed by atoms with Crippen LogP contribution in [0.15, 0.2) is 41.1 Å². The van der Waals surface area contributed by atoms with Gasteiger partial charge in [0.1, 0.15) is 0 Å². The molecule has 6 heteroatoms. The summed E-state index contributed by atoms with van der Waals surface area (Å²) in [5, 5.41) is 2.09. The van der Waals surface area contributed by atoms with Crippen molar-refractivity contribution in [2.24, 2.45) is 0 Å². The number of piperazine rings is 1. The third-order valence-electron chi connectivity index (χ3n) is 4.87. The summed E-state index contributed by atoms with van der Waals surface area (Å²) in [7, 11) is 2.08. The predicted molar refractivity (Wildman–Crippen MR) is 99.8 cm³/mol. The Balaban J connectivity index is 1.55. The van der Waals surface area contributed by atoms with Gasteiger partial charge in [0.15, 0.2) is 11.7 Å². The zero-order valence-electron chi connectivity index (χ0n) is 15.1. The van der Waals surface area contributed by atoms with Gasteiger partial charge in [-0.15, -0.1) is 0 Å². The largest absolute Gasteiger partial charge is 0.441 e. The van der Waals surface area contributed by atoms with Crippen molar-refractivity contribution in [3.8, 4) is 11.3 Å². The van der Waals surface area contributed by atoms with Gasteiger partial charge in [-0.25, -0.2) is 4.98 Å². The molecule has 3 heterocycles. The number of carbonyl (C=O) groups excluding carboxylic acids is 1. The molecule has 26 heavy (non-hydrogen) atoms. The molecular weight excluding hydrogens is 328 g/mol. The summed E-state index contributed by atoms with van der Waals surface area (Å²) in [6, 6.07) is 8.07. The van der Waals surface area contributed by atoms with E-state index in [1.807, 2.05) is 36.2 Å². The fourth-order valence-electron chi connectivity index (χ4n) is 3.25. The van der Waals surface area contributed by atoms with Gasteiger partial charge in [-0.2, -0.15) is 0 Å². The van der Waals surface area contributed by atoms with E-state index in [4.69, 9.17) is 4.42 Å². The number of carbonyl (C=O) groups is 1. The van der Waals surface area contributed by atoms with Gasteiger partial charge in [-0.3, -0.25) is 9.78 Å². The monoisotopic (exact) mass is 350 g/mol. The van der Waals surface area contributed by atoms with E-state index in [9.17, 15) is 4.79 Å². The molecule has 0 saturated carbocycles. The highest BCUT2D eigenvalue weighted by Crippen LogP contribution is 2.25. The number of amides is 1. The Morgan fingerprint density at radius 2 is 1.88 bits per heavy atom. The van der Waals surface area contributed by atoms with E-state index in [0.29, 0.717) is 12.3 Å². The maximum atomic E-state index is 12.5. The van der Waals surface area contributed by atoms with E-state index >= 15 is 0 Å². The van der Waals surface area contributed by atoms with Crippen molar-refractivity contribution in [1.29, 1.82) is 0 Å². The molecule has 0 radical (unpaired) electrons. The number of aromatic nitrogens is 2. The smallest absolute Gasteiger partial charge is 0.228 e. The van der Waals surface area contributed by atoms with Crippen LogP contribution in [0.5, 0.6) is 0 Å². The van der Waals surface area contributed by atoms with Crippen molar-refractivity contribution in [2.45, 2.75) is 13.3 Å². The molecule has 1 fully saturated rings. The van der Waals surface area contributed by atoms with Crippen LogP contribution in [0.25, 0.3) is 22.1 Å². The minimum atomic E-state index is 0.145. The number of hydrogen-bond donors (Lipinski definition) is 0. The highest BCUT2D eigenvalue weighted by atomic mass is 16.4. The zero-order chi connectivity index (χ0) is 18.1. The number of rotatable bonds is 3. The van der Waals surface area contributed by atoms with Crippen LogP contribution in [0, 0.1) is 6.92 Å². The van der Waals surface area contributed by atoms with Gasteiger partial charge in [-0.1, -0.05) is 12.1 Å². The normalized spacial score (nSPS) is 15.5. The van der Waals surface area contributed by atoms with Crippen LogP contribution in [-0.4, -0.2) is 58.9 Å². The molecule has 1 amide bonds. The zero-order valence-corrected chi connectivity index (χ0v) is 15.1. The molecule has 0 atom stereocenters. The molecule has 0 N–H and O–H groups in total. The van der Waals surface area contributed by atoms with E-state index in [0.717, 1.165) is 54.0 Å². The number of nitrogens with zero attached hydrogens (tertiary/aromatic N) is 4. The van der Waals surface area contributed by atoms with Crippen LogP contribution >= 0.6 is 0 Å². The molecule has 0 aliphatic carbocycles. The molecule has 1 aliphatic heterocycles. The minimum absolute atomic E-state index is 0.145. The van der Waals surface area contributed by atoms with Crippen LogP contribution in [0.3, 0.4) is 0 Å². The first-order valence-corrected chi connectivity index (χ1v) is 8.86. The highest BCUT2D eigenvalue weighted by molar-refractivity contribution is 5.87. The first-order chi connectivity index (χ1) is 12.6. The molecule has 2 aromatic heterocycles. The van der Waals surface area contributed by atoms with Gasteiger partial charge in [0.05, 0.1) is 18.3 Å². The van der Waals surface area contributed by atoms with Crippen LogP contribution in [-0.2, 0) is 11.2 Å². The Hall–Kier alpha value is -2.73.